The quantitative estimate of drug-likeness (QED) is 0.849. The molecule has 1 aliphatic rings. The van der Waals surface area contributed by atoms with Crippen molar-refractivity contribution in [1.29, 1.82) is 0 Å². The third-order valence-corrected chi connectivity index (χ3v) is 3.61. The van der Waals surface area contributed by atoms with E-state index >= 15 is 0 Å². The lowest BCUT2D eigenvalue weighted by Crippen LogP contribution is -2.16. The average Bonchev–Trinajstić information content (AvgIpc) is 3.05. The summed E-state index contributed by atoms with van der Waals surface area (Å²) in [5, 5.41) is 10.5. The normalized spacial score (nSPS) is 14.6. The van der Waals surface area contributed by atoms with Crippen molar-refractivity contribution < 1.29 is 9.84 Å². The predicted octanol–water partition coefficient (Wildman–Crippen LogP) is 2.59. The predicted molar refractivity (Wildman–Crippen MR) is 91.0 cm³/mol. The molecule has 1 aliphatic heterocycles. The van der Waals surface area contributed by atoms with Crippen LogP contribution in [0.15, 0.2) is 51.9 Å². The zero-order valence-corrected chi connectivity index (χ0v) is 13.0. The number of nitrogens with zero attached hydrogens (tertiary/aromatic N) is 2. The monoisotopic (exact) mass is 327 g/mol. The summed E-state index contributed by atoms with van der Waals surface area (Å²) in [5.74, 6) is 0.434. The Labute approximate surface area is 136 Å². The van der Waals surface area contributed by atoms with E-state index in [-0.39, 0.29) is 16.2 Å². The van der Waals surface area contributed by atoms with Crippen LogP contribution in [0.4, 0.5) is 0 Å². The van der Waals surface area contributed by atoms with Crippen LogP contribution in [-0.2, 0) is 0 Å². The Morgan fingerprint density at radius 3 is 2.70 bits per heavy atom. The van der Waals surface area contributed by atoms with Gasteiger partial charge in [0.2, 0.25) is 5.88 Å². The van der Waals surface area contributed by atoms with Gasteiger partial charge >= 0.3 is 0 Å². The lowest BCUT2D eigenvalue weighted by molar-refractivity contribution is 0.414. The van der Waals surface area contributed by atoms with E-state index in [0.29, 0.717) is 17.1 Å². The van der Waals surface area contributed by atoms with Gasteiger partial charge in [0.1, 0.15) is 11.3 Å². The van der Waals surface area contributed by atoms with E-state index in [0.717, 1.165) is 0 Å². The number of benzene rings is 1. The number of aromatic amines is 1. The van der Waals surface area contributed by atoms with E-state index in [2.05, 4.69) is 9.98 Å². The standard InChI is InChI=1S/C16H13N3O3S/c1-22-12-6-4-11(5-7-12)19-15(21)13(14(20)18-16(19)23)9-10-3-2-8-17-10/h2-9,21H,1H3,(H,18,20,23)/b10-9-. The van der Waals surface area contributed by atoms with Gasteiger partial charge in [-0.15, -0.1) is 0 Å². The van der Waals surface area contributed by atoms with Crippen molar-refractivity contribution >= 4 is 24.5 Å². The molecular weight excluding hydrogens is 314 g/mol. The summed E-state index contributed by atoms with van der Waals surface area (Å²) < 4.78 is 6.59. The minimum atomic E-state index is -0.472. The van der Waals surface area contributed by atoms with Crippen LogP contribution in [0.3, 0.4) is 0 Å². The molecule has 23 heavy (non-hydrogen) atoms. The number of rotatable bonds is 3. The average molecular weight is 327 g/mol. The molecule has 7 heteroatoms. The molecule has 0 radical (unpaired) electrons. The van der Waals surface area contributed by atoms with E-state index in [1.165, 1.54) is 10.6 Å². The van der Waals surface area contributed by atoms with E-state index < -0.39 is 5.56 Å². The summed E-state index contributed by atoms with van der Waals surface area (Å²) in [6.07, 6.45) is 6.59. The smallest absolute Gasteiger partial charge is 0.262 e. The van der Waals surface area contributed by atoms with Gasteiger partial charge in [-0.1, -0.05) is 0 Å². The van der Waals surface area contributed by atoms with Gasteiger partial charge < -0.3 is 9.84 Å². The van der Waals surface area contributed by atoms with Crippen LogP contribution >= 0.6 is 12.2 Å². The molecule has 1 aromatic heterocycles. The van der Waals surface area contributed by atoms with Crippen LogP contribution in [0.1, 0.15) is 5.56 Å². The number of hydrogen-bond acceptors (Lipinski definition) is 5. The molecule has 0 bridgehead atoms. The number of aliphatic imine (C=N–C) groups is 1. The first-order chi connectivity index (χ1) is 11.1. The van der Waals surface area contributed by atoms with Gasteiger partial charge in [-0.05, 0) is 54.7 Å². The van der Waals surface area contributed by atoms with Crippen molar-refractivity contribution in [2.24, 2.45) is 4.99 Å². The molecule has 2 heterocycles. The highest BCUT2D eigenvalue weighted by atomic mass is 32.1. The molecule has 0 fully saturated rings. The second-order valence-corrected chi connectivity index (χ2v) is 5.12. The Bertz CT molecular complexity index is 936. The highest BCUT2D eigenvalue weighted by Gasteiger charge is 2.13. The fourth-order valence-electron chi connectivity index (χ4n) is 2.19. The van der Waals surface area contributed by atoms with Gasteiger partial charge in [0, 0.05) is 6.21 Å². The maximum Gasteiger partial charge on any atom is 0.262 e. The highest BCUT2D eigenvalue weighted by molar-refractivity contribution is 7.71. The van der Waals surface area contributed by atoms with E-state index in [1.54, 1.807) is 49.7 Å². The van der Waals surface area contributed by atoms with Gasteiger partial charge in [-0.2, -0.15) is 0 Å². The first-order valence-corrected chi connectivity index (χ1v) is 7.16. The third-order valence-electron chi connectivity index (χ3n) is 3.32. The van der Waals surface area contributed by atoms with Crippen molar-refractivity contribution in [2.75, 3.05) is 7.11 Å². The van der Waals surface area contributed by atoms with Crippen LogP contribution in [0.25, 0.3) is 11.8 Å². The van der Waals surface area contributed by atoms with E-state index in [9.17, 15) is 9.90 Å². The Balaban J connectivity index is 2.19. The summed E-state index contributed by atoms with van der Waals surface area (Å²) in [6.45, 7) is 0. The molecule has 116 valence electrons. The Morgan fingerprint density at radius 2 is 2.09 bits per heavy atom. The molecule has 0 atom stereocenters. The SMILES string of the molecule is COc1ccc(-n2c(O)c(/C=C3/C=CC=N3)c(=O)[nH]c2=S)cc1. The number of hydrogen-bond donors (Lipinski definition) is 2. The van der Waals surface area contributed by atoms with Gasteiger partial charge in [-0.25, -0.2) is 0 Å². The van der Waals surface area contributed by atoms with Crippen LogP contribution in [-0.4, -0.2) is 28.0 Å². The Morgan fingerprint density at radius 1 is 1.35 bits per heavy atom. The molecule has 0 spiro atoms. The van der Waals surface area contributed by atoms with Crippen molar-refractivity contribution in [1.82, 2.24) is 9.55 Å². The number of H-pyrrole nitrogens is 1. The van der Waals surface area contributed by atoms with Crippen LogP contribution in [0.2, 0.25) is 0 Å². The van der Waals surface area contributed by atoms with Crippen molar-refractivity contribution in [3.63, 3.8) is 0 Å². The van der Waals surface area contributed by atoms with Gasteiger partial charge in [0.25, 0.3) is 5.56 Å². The molecule has 2 aromatic rings. The molecule has 2 N–H and O–H groups in total. The largest absolute Gasteiger partial charge is 0.497 e. The third kappa shape index (κ3) is 2.86. The zero-order chi connectivity index (χ0) is 16.4. The molecule has 6 nitrogen and oxygen atoms in total. The molecule has 0 saturated carbocycles. The fourth-order valence-corrected chi connectivity index (χ4v) is 2.47. The van der Waals surface area contributed by atoms with Crippen molar-refractivity contribution in [3.05, 3.63) is 62.8 Å². The summed E-state index contributed by atoms with van der Waals surface area (Å²) in [4.78, 5) is 18.7. The molecule has 0 saturated heterocycles. The summed E-state index contributed by atoms with van der Waals surface area (Å²) in [7, 11) is 1.57. The van der Waals surface area contributed by atoms with Crippen LogP contribution in [0, 0.1) is 4.77 Å². The molecular formula is C16H13N3O3S. The van der Waals surface area contributed by atoms with Gasteiger partial charge in [-0.3, -0.25) is 19.3 Å². The summed E-state index contributed by atoms with van der Waals surface area (Å²) in [5.41, 5.74) is 0.798. The Hall–Kier alpha value is -2.93. The minimum Gasteiger partial charge on any atom is -0.497 e. The second-order valence-electron chi connectivity index (χ2n) is 4.74. The van der Waals surface area contributed by atoms with Crippen molar-refractivity contribution in [3.8, 4) is 17.3 Å². The molecule has 0 aliphatic carbocycles. The van der Waals surface area contributed by atoms with E-state index in [4.69, 9.17) is 17.0 Å². The Kier molecular flexibility index (Phi) is 3.94. The minimum absolute atomic E-state index is 0.0909. The molecule has 1 aromatic carbocycles. The van der Waals surface area contributed by atoms with E-state index in [1.807, 2.05) is 0 Å². The summed E-state index contributed by atoms with van der Waals surface area (Å²) in [6, 6.07) is 6.95. The lowest BCUT2D eigenvalue weighted by atomic mass is 10.2. The molecule has 0 amide bonds. The number of methoxy groups -OCH3 is 1. The maximum atomic E-state index is 12.1. The number of ether oxygens (including phenoxy) is 1. The first-order valence-electron chi connectivity index (χ1n) is 6.75. The van der Waals surface area contributed by atoms with Gasteiger partial charge in [0.15, 0.2) is 4.77 Å². The molecule has 3 rings (SSSR count). The maximum absolute atomic E-state index is 12.1. The van der Waals surface area contributed by atoms with Crippen molar-refractivity contribution in [2.45, 2.75) is 0 Å². The fraction of sp³-hybridized carbons (Fsp3) is 0.0625. The molecule has 0 unspecified atom stereocenters. The van der Waals surface area contributed by atoms with Gasteiger partial charge in [0.05, 0.1) is 18.5 Å². The number of aromatic nitrogens is 2. The number of allylic oxidation sites excluding steroid dienone is 2. The number of aromatic hydroxyl groups is 1. The highest BCUT2D eigenvalue weighted by Crippen LogP contribution is 2.23. The first kappa shape index (κ1) is 15.0. The zero-order valence-electron chi connectivity index (χ0n) is 12.2. The summed E-state index contributed by atoms with van der Waals surface area (Å²) >= 11 is 5.16. The number of nitrogens with one attached hydrogen (secondary N) is 1. The lowest BCUT2D eigenvalue weighted by Gasteiger charge is -2.12. The second kappa shape index (κ2) is 6.05. The van der Waals surface area contributed by atoms with Crippen LogP contribution < -0.4 is 10.3 Å². The topological polar surface area (TPSA) is 79.6 Å². The van der Waals surface area contributed by atoms with Crippen LogP contribution in [0.5, 0.6) is 11.6 Å².